The first kappa shape index (κ1) is 17.7. The molecule has 2 aromatic rings. The summed E-state index contributed by atoms with van der Waals surface area (Å²) in [5.41, 5.74) is 2.24. The Morgan fingerprint density at radius 2 is 2.10 bits per heavy atom. The minimum absolute atomic E-state index is 0.164. The maximum atomic E-state index is 13.5. The van der Waals surface area contributed by atoms with Crippen molar-refractivity contribution in [3.8, 4) is 0 Å². The number of hydrogen-bond acceptors (Lipinski definition) is 4. The lowest BCUT2D eigenvalue weighted by atomic mass is 9.60. The lowest BCUT2D eigenvalue weighted by Crippen LogP contribution is -2.59. The normalized spacial score (nSPS) is 29.2. The molecule has 2 amide bonds. The molecule has 7 nitrogen and oxygen atoms in total. The van der Waals surface area contributed by atoms with E-state index < -0.39 is 11.5 Å². The molecule has 5 rings (SSSR count). The lowest BCUT2D eigenvalue weighted by Gasteiger charge is -2.43. The van der Waals surface area contributed by atoms with Crippen LogP contribution in [0.5, 0.6) is 0 Å². The fourth-order valence-corrected chi connectivity index (χ4v) is 5.16. The Morgan fingerprint density at radius 1 is 1.31 bits per heavy atom. The average molecular weight is 389 g/mol. The fourth-order valence-electron chi connectivity index (χ4n) is 5.16. The second kappa shape index (κ2) is 5.83. The molecule has 7 heteroatoms. The van der Waals surface area contributed by atoms with Gasteiger partial charge in [-0.3, -0.25) is 9.59 Å². The summed E-state index contributed by atoms with van der Waals surface area (Å²) in [5.74, 6) is -0.362. The first-order valence-corrected chi connectivity index (χ1v) is 9.72. The van der Waals surface area contributed by atoms with E-state index in [1.165, 1.54) is 6.33 Å². The van der Waals surface area contributed by atoms with Gasteiger partial charge in [-0.05, 0) is 29.5 Å². The number of para-hydroxylation sites is 1. The van der Waals surface area contributed by atoms with Crippen molar-refractivity contribution >= 4 is 23.6 Å². The molecular formula is C22H23N5O2. The van der Waals surface area contributed by atoms with Gasteiger partial charge in [0.2, 0.25) is 5.91 Å². The maximum absolute atomic E-state index is 13.5. The number of H-pyrrole nitrogens is 1. The Labute approximate surface area is 168 Å². The Morgan fingerprint density at radius 3 is 2.83 bits per heavy atom. The van der Waals surface area contributed by atoms with Crippen LogP contribution in [-0.4, -0.2) is 38.9 Å². The zero-order chi connectivity index (χ0) is 20.4. The minimum atomic E-state index is -0.536. The monoisotopic (exact) mass is 389 g/mol. The van der Waals surface area contributed by atoms with Crippen molar-refractivity contribution in [2.45, 2.75) is 37.9 Å². The third-order valence-corrected chi connectivity index (χ3v) is 6.80. The number of benzene rings is 1. The predicted octanol–water partition coefficient (Wildman–Crippen LogP) is 2.38. The summed E-state index contributed by atoms with van der Waals surface area (Å²) in [6.45, 7) is 8.32. The van der Waals surface area contributed by atoms with Gasteiger partial charge in [-0.25, -0.2) is 4.98 Å². The van der Waals surface area contributed by atoms with Gasteiger partial charge in [-0.1, -0.05) is 38.1 Å². The number of carbonyl (C=O) groups is 2. The van der Waals surface area contributed by atoms with Crippen LogP contribution in [-0.2, 0) is 15.0 Å². The van der Waals surface area contributed by atoms with Crippen molar-refractivity contribution in [3.63, 3.8) is 0 Å². The van der Waals surface area contributed by atoms with Crippen LogP contribution >= 0.6 is 0 Å². The van der Waals surface area contributed by atoms with Crippen molar-refractivity contribution < 1.29 is 9.59 Å². The van der Waals surface area contributed by atoms with Crippen LogP contribution in [0.2, 0.25) is 0 Å². The largest absolute Gasteiger partial charge is 0.364 e. The summed E-state index contributed by atoms with van der Waals surface area (Å²) >= 11 is 0. The molecule has 3 atom stereocenters. The summed E-state index contributed by atoms with van der Waals surface area (Å²) < 4.78 is 0. The van der Waals surface area contributed by atoms with Crippen LogP contribution in [0.4, 0.5) is 5.69 Å². The SMILES string of the molecule is C=CC(C)(C)[C@]12C[C@H]3C(=O)N/C(=C/c4cnc[nH]4)C(=O)N3[C@H]1Nc1ccccc12. The van der Waals surface area contributed by atoms with Gasteiger partial charge < -0.3 is 20.5 Å². The van der Waals surface area contributed by atoms with Crippen molar-refractivity contribution in [1.29, 1.82) is 0 Å². The van der Waals surface area contributed by atoms with Gasteiger partial charge in [-0.2, -0.15) is 0 Å². The Kier molecular flexibility index (Phi) is 3.56. The van der Waals surface area contributed by atoms with Crippen LogP contribution in [0.3, 0.4) is 0 Å². The van der Waals surface area contributed by atoms with Crippen LogP contribution in [0.25, 0.3) is 6.08 Å². The second-order valence-corrected chi connectivity index (χ2v) is 8.48. The number of hydrogen-bond donors (Lipinski definition) is 3. The smallest absolute Gasteiger partial charge is 0.272 e. The van der Waals surface area contributed by atoms with Gasteiger partial charge in [-0.15, -0.1) is 6.58 Å². The molecule has 0 spiro atoms. The molecule has 0 bridgehead atoms. The molecule has 1 aromatic carbocycles. The number of aromatic amines is 1. The number of rotatable bonds is 3. The van der Waals surface area contributed by atoms with Crippen LogP contribution in [0.1, 0.15) is 31.5 Å². The van der Waals surface area contributed by atoms with Crippen molar-refractivity contribution in [1.82, 2.24) is 20.2 Å². The Bertz CT molecular complexity index is 1050. The van der Waals surface area contributed by atoms with Crippen molar-refractivity contribution in [3.05, 3.63) is 66.4 Å². The molecular weight excluding hydrogens is 366 g/mol. The molecule has 1 aromatic heterocycles. The van der Waals surface area contributed by atoms with Gasteiger partial charge in [0.15, 0.2) is 0 Å². The summed E-state index contributed by atoms with van der Waals surface area (Å²) in [5, 5.41) is 6.34. The quantitative estimate of drug-likeness (QED) is 0.555. The molecule has 0 aliphatic carbocycles. The van der Waals surface area contributed by atoms with E-state index in [-0.39, 0.29) is 29.1 Å². The number of allylic oxidation sites excluding steroid dienone is 1. The van der Waals surface area contributed by atoms with Crippen LogP contribution in [0.15, 0.2) is 55.1 Å². The van der Waals surface area contributed by atoms with Crippen LogP contribution < -0.4 is 10.6 Å². The van der Waals surface area contributed by atoms with Crippen molar-refractivity contribution in [2.24, 2.45) is 5.41 Å². The highest BCUT2D eigenvalue weighted by atomic mass is 16.2. The molecule has 29 heavy (non-hydrogen) atoms. The number of carbonyl (C=O) groups excluding carboxylic acids is 2. The van der Waals surface area contributed by atoms with E-state index in [1.54, 1.807) is 17.2 Å². The summed E-state index contributed by atoms with van der Waals surface area (Å²) in [6.07, 6.45) is 6.91. The van der Waals surface area contributed by atoms with E-state index in [9.17, 15) is 9.59 Å². The molecule has 0 unspecified atom stereocenters. The zero-order valence-electron chi connectivity index (χ0n) is 16.4. The standard InChI is InChI=1S/C22H23N5O2/c1-4-21(2,3)22-10-17-18(28)25-16(9-13-11-23-12-24-13)19(29)27(17)20(22)26-15-8-6-5-7-14(15)22/h4-9,11-12,17,20,26H,1,10H2,2-3H3,(H,23,24)(H,25,28)/b16-9+/t17-,20+,22-/m0/s1. The highest BCUT2D eigenvalue weighted by Crippen LogP contribution is 2.60. The Balaban J connectivity index is 1.65. The van der Waals surface area contributed by atoms with Gasteiger partial charge in [0.25, 0.3) is 5.91 Å². The highest BCUT2D eigenvalue weighted by Gasteiger charge is 2.66. The summed E-state index contributed by atoms with van der Waals surface area (Å²) in [4.78, 5) is 35.1. The average Bonchev–Trinajstić information content (AvgIpc) is 3.40. The fraction of sp³-hybridized carbons (Fsp3) is 0.318. The third kappa shape index (κ3) is 2.21. The molecule has 4 heterocycles. The molecule has 148 valence electrons. The van der Waals surface area contributed by atoms with Gasteiger partial charge in [0.05, 0.1) is 18.2 Å². The zero-order valence-corrected chi connectivity index (χ0v) is 16.4. The first-order valence-electron chi connectivity index (χ1n) is 9.72. The number of anilines is 1. The molecule has 2 saturated heterocycles. The summed E-state index contributed by atoms with van der Waals surface area (Å²) in [7, 11) is 0. The topological polar surface area (TPSA) is 90.1 Å². The highest BCUT2D eigenvalue weighted by molar-refractivity contribution is 6.08. The van der Waals surface area contributed by atoms with Crippen LogP contribution in [0, 0.1) is 5.41 Å². The number of aromatic nitrogens is 2. The lowest BCUT2D eigenvalue weighted by molar-refractivity contribution is -0.141. The number of piperazine rings is 1. The number of nitrogens with one attached hydrogen (secondary N) is 3. The van der Waals surface area contributed by atoms with E-state index in [2.05, 4.69) is 47.1 Å². The molecule has 0 radical (unpaired) electrons. The van der Waals surface area contributed by atoms with Gasteiger partial charge in [0, 0.05) is 11.1 Å². The van der Waals surface area contributed by atoms with E-state index in [0.717, 1.165) is 11.3 Å². The molecule has 3 N–H and O–H groups in total. The van der Waals surface area contributed by atoms with E-state index in [4.69, 9.17) is 0 Å². The predicted molar refractivity (Wildman–Crippen MR) is 109 cm³/mol. The number of fused-ring (bicyclic) bond motifs is 5. The van der Waals surface area contributed by atoms with E-state index in [1.807, 2.05) is 24.3 Å². The number of imidazole rings is 1. The first-order chi connectivity index (χ1) is 13.9. The van der Waals surface area contributed by atoms with E-state index >= 15 is 0 Å². The number of nitrogens with zero attached hydrogens (tertiary/aromatic N) is 2. The molecule has 2 fully saturated rings. The van der Waals surface area contributed by atoms with Gasteiger partial charge >= 0.3 is 0 Å². The second-order valence-electron chi connectivity index (χ2n) is 8.48. The van der Waals surface area contributed by atoms with E-state index in [0.29, 0.717) is 12.1 Å². The maximum Gasteiger partial charge on any atom is 0.272 e. The Hall–Kier alpha value is -3.35. The molecule has 3 aliphatic rings. The summed E-state index contributed by atoms with van der Waals surface area (Å²) in [6, 6.07) is 7.57. The van der Waals surface area contributed by atoms with Gasteiger partial charge in [0.1, 0.15) is 17.9 Å². The third-order valence-electron chi connectivity index (χ3n) is 6.80. The van der Waals surface area contributed by atoms with Crippen molar-refractivity contribution in [2.75, 3.05) is 5.32 Å². The minimum Gasteiger partial charge on any atom is -0.364 e. The molecule has 3 aliphatic heterocycles. The number of amides is 2. The molecule has 0 saturated carbocycles.